The third-order valence-electron chi connectivity index (χ3n) is 7.09. The van der Waals surface area contributed by atoms with E-state index in [-0.39, 0.29) is 36.7 Å². The number of piperidine rings is 1. The highest BCUT2D eigenvalue weighted by molar-refractivity contribution is 6.07. The van der Waals surface area contributed by atoms with Gasteiger partial charge in [-0.15, -0.1) is 0 Å². The highest BCUT2D eigenvalue weighted by atomic mass is 19.1. The molecule has 2 heterocycles. The van der Waals surface area contributed by atoms with E-state index in [1.54, 1.807) is 17.0 Å². The Morgan fingerprint density at radius 2 is 1.84 bits per heavy atom. The van der Waals surface area contributed by atoms with Crippen molar-refractivity contribution in [1.82, 2.24) is 4.90 Å². The highest BCUT2D eigenvalue weighted by Gasteiger charge is 2.66. The third kappa shape index (κ3) is 3.58. The number of para-hydroxylation sites is 1. The fraction of sp³-hybridized carbons (Fsp3) is 0.440. The van der Waals surface area contributed by atoms with Gasteiger partial charge < -0.3 is 14.5 Å². The maximum Gasteiger partial charge on any atom is 0.242 e. The number of likely N-dealkylation sites (tertiary alicyclic amines) is 1. The molecule has 0 N–H and O–H groups in total. The number of carbonyl (C=O) groups is 2. The van der Waals surface area contributed by atoms with Gasteiger partial charge >= 0.3 is 0 Å². The van der Waals surface area contributed by atoms with E-state index in [0.29, 0.717) is 18.1 Å². The number of rotatable bonds is 5. The number of carbonyl (C=O) groups excluding carboxylic acids is 2. The Bertz CT molecular complexity index is 1000. The molecule has 162 valence electrons. The molecule has 2 aromatic carbocycles. The van der Waals surface area contributed by atoms with Crippen LogP contribution in [0.15, 0.2) is 48.5 Å². The van der Waals surface area contributed by atoms with Gasteiger partial charge in [0, 0.05) is 24.7 Å². The van der Waals surface area contributed by atoms with Crippen molar-refractivity contribution < 1.29 is 18.7 Å². The summed E-state index contributed by atoms with van der Waals surface area (Å²) in [5, 5.41) is 0. The minimum atomic E-state index is -0.653. The lowest BCUT2D eigenvalue weighted by atomic mass is 9.91. The molecule has 1 saturated heterocycles. The molecular formula is C25H27FN2O3. The van der Waals surface area contributed by atoms with E-state index in [9.17, 15) is 14.0 Å². The molecule has 6 heteroatoms. The van der Waals surface area contributed by atoms with Crippen LogP contribution < -0.4 is 9.64 Å². The smallest absolute Gasteiger partial charge is 0.242 e. The van der Waals surface area contributed by atoms with Crippen LogP contribution in [0.5, 0.6) is 5.75 Å². The van der Waals surface area contributed by atoms with Gasteiger partial charge in [0.2, 0.25) is 11.8 Å². The van der Waals surface area contributed by atoms with Crippen LogP contribution in [-0.2, 0) is 9.59 Å². The summed E-state index contributed by atoms with van der Waals surface area (Å²) >= 11 is 0. The Morgan fingerprint density at radius 3 is 2.58 bits per heavy atom. The summed E-state index contributed by atoms with van der Waals surface area (Å²) in [5.74, 6) is 0.910. The van der Waals surface area contributed by atoms with Gasteiger partial charge in [-0.05, 0) is 61.1 Å². The van der Waals surface area contributed by atoms with Crippen LogP contribution in [0.25, 0.3) is 0 Å². The van der Waals surface area contributed by atoms with Gasteiger partial charge in [-0.3, -0.25) is 9.59 Å². The lowest BCUT2D eigenvalue weighted by Gasteiger charge is -2.36. The minimum absolute atomic E-state index is 0.00348. The van der Waals surface area contributed by atoms with Crippen molar-refractivity contribution >= 4 is 17.5 Å². The number of benzene rings is 2. The Hall–Kier alpha value is -2.89. The number of halogens is 1. The molecule has 2 atom stereocenters. The Morgan fingerprint density at radius 1 is 1.13 bits per heavy atom. The van der Waals surface area contributed by atoms with Gasteiger partial charge in [0.15, 0.2) is 0 Å². The largest absolute Gasteiger partial charge is 0.492 e. The molecule has 0 unspecified atom stereocenters. The van der Waals surface area contributed by atoms with Crippen molar-refractivity contribution in [3.8, 4) is 5.75 Å². The molecule has 0 aromatic heterocycles. The van der Waals surface area contributed by atoms with Crippen LogP contribution in [0.3, 0.4) is 0 Å². The Labute approximate surface area is 181 Å². The summed E-state index contributed by atoms with van der Waals surface area (Å²) < 4.78 is 19.1. The number of ether oxygens (including phenoxy) is 1. The van der Waals surface area contributed by atoms with E-state index in [0.717, 1.165) is 37.2 Å². The second kappa shape index (κ2) is 7.66. The van der Waals surface area contributed by atoms with Crippen LogP contribution in [0.4, 0.5) is 10.1 Å². The molecule has 5 rings (SSSR count). The zero-order chi connectivity index (χ0) is 21.6. The molecular weight excluding hydrogens is 395 g/mol. The van der Waals surface area contributed by atoms with Crippen molar-refractivity contribution in [3.63, 3.8) is 0 Å². The van der Waals surface area contributed by atoms with Crippen molar-refractivity contribution in [1.29, 1.82) is 0 Å². The molecule has 0 spiro atoms. The predicted molar refractivity (Wildman–Crippen MR) is 115 cm³/mol. The van der Waals surface area contributed by atoms with E-state index < -0.39 is 5.41 Å². The molecule has 0 bridgehead atoms. The van der Waals surface area contributed by atoms with Crippen molar-refractivity contribution in [3.05, 3.63) is 59.9 Å². The summed E-state index contributed by atoms with van der Waals surface area (Å²) in [6.07, 6.45) is 2.72. The Kier molecular flexibility index (Phi) is 4.95. The number of hydrogen-bond donors (Lipinski definition) is 0. The quantitative estimate of drug-likeness (QED) is 0.732. The van der Waals surface area contributed by atoms with Gasteiger partial charge in [0.05, 0.1) is 5.41 Å². The molecule has 5 nitrogen and oxygen atoms in total. The third-order valence-corrected chi connectivity index (χ3v) is 7.09. The molecule has 1 aliphatic carbocycles. The van der Waals surface area contributed by atoms with Crippen molar-refractivity contribution in [2.45, 2.75) is 32.1 Å². The number of fused-ring (bicyclic) bond motifs is 3. The van der Waals surface area contributed by atoms with Crippen LogP contribution in [0.1, 0.15) is 37.7 Å². The second-order valence-electron chi connectivity index (χ2n) is 9.17. The first kappa shape index (κ1) is 20.0. The van der Waals surface area contributed by atoms with Crippen LogP contribution in [-0.4, -0.2) is 43.0 Å². The van der Waals surface area contributed by atoms with Crippen LogP contribution in [0.2, 0.25) is 0 Å². The first-order valence-corrected chi connectivity index (χ1v) is 11.0. The van der Waals surface area contributed by atoms with Gasteiger partial charge in [-0.2, -0.15) is 0 Å². The normalized spacial score (nSPS) is 25.1. The lowest BCUT2D eigenvalue weighted by molar-refractivity contribution is -0.134. The lowest BCUT2D eigenvalue weighted by Crippen LogP contribution is -2.50. The monoisotopic (exact) mass is 422 g/mol. The highest BCUT2D eigenvalue weighted by Crippen LogP contribution is 2.65. The van der Waals surface area contributed by atoms with E-state index >= 15 is 0 Å². The topological polar surface area (TPSA) is 49.9 Å². The van der Waals surface area contributed by atoms with Crippen molar-refractivity contribution in [2.75, 3.05) is 31.1 Å². The average molecular weight is 423 g/mol. The summed E-state index contributed by atoms with van der Waals surface area (Å²) in [6, 6.07) is 13.7. The van der Waals surface area contributed by atoms with Crippen molar-refractivity contribution in [2.24, 2.45) is 11.3 Å². The maximum absolute atomic E-state index is 13.6. The zero-order valence-corrected chi connectivity index (χ0v) is 17.7. The fourth-order valence-electron chi connectivity index (χ4n) is 4.97. The molecule has 0 radical (unpaired) electrons. The van der Waals surface area contributed by atoms with E-state index in [4.69, 9.17) is 4.74 Å². The summed E-state index contributed by atoms with van der Waals surface area (Å²) in [7, 11) is 0. The first-order chi connectivity index (χ1) is 15.0. The standard InChI is InChI=1S/C25H27FN2O3/c1-17-10-12-27(13-11-17)23(29)15-28-22-5-3-2-4-20(22)21-14-25(21,24(28)30)16-31-19-8-6-18(26)7-9-19/h2-9,17,21H,10-16H2,1H3/t21-,25+/m0/s1. The van der Waals surface area contributed by atoms with E-state index in [2.05, 4.69) is 6.92 Å². The Balaban J connectivity index is 1.36. The molecule has 31 heavy (non-hydrogen) atoms. The summed E-state index contributed by atoms with van der Waals surface area (Å²) in [6.45, 7) is 4.01. The minimum Gasteiger partial charge on any atom is -0.492 e. The predicted octanol–water partition coefficient (Wildman–Crippen LogP) is 3.98. The first-order valence-electron chi connectivity index (χ1n) is 11.0. The molecule has 2 aromatic rings. The SMILES string of the molecule is CC1CCN(C(=O)CN2C(=O)[C@@]3(COc4ccc(F)cc4)C[C@H]3c3ccccc32)CC1. The second-order valence-corrected chi connectivity index (χ2v) is 9.17. The summed E-state index contributed by atoms with van der Waals surface area (Å²) in [5.41, 5.74) is 1.29. The van der Waals surface area contributed by atoms with Gasteiger partial charge in [0.1, 0.15) is 24.7 Å². The van der Waals surface area contributed by atoms with E-state index in [1.165, 1.54) is 12.1 Å². The maximum atomic E-state index is 13.6. The molecule has 3 aliphatic rings. The number of nitrogens with zero attached hydrogens (tertiary/aromatic N) is 2. The summed E-state index contributed by atoms with van der Waals surface area (Å²) in [4.78, 5) is 30.2. The zero-order valence-electron chi connectivity index (χ0n) is 17.7. The fourth-order valence-corrected chi connectivity index (χ4v) is 4.97. The van der Waals surface area contributed by atoms with E-state index in [1.807, 2.05) is 29.2 Å². The van der Waals surface area contributed by atoms with Gasteiger partial charge in [-0.25, -0.2) is 4.39 Å². The van der Waals surface area contributed by atoms with Crippen LogP contribution in [0, 0.1) is 17.2 Å². The molecule has 2 fully saturated rings. The average Bonchev–Trinajstić information content (AvgIpc) is 3.53. The van der Waals surface area contributed by atoms with Gasteiger partial charge in [0.25, 0.3) is 0 Å². The molecule has 2 amide bonds. The molecule has 1 saturated carbocycles. The van der Waals surface area contributed by atoms with Gasteiger partial charge in [-0.1, -0.05) is 25.1 Å². The number of hydrogen-bond acceptors (Lipinski definition) is 3. The van der Waals surface area contributed by atoms with Crippen LogP contribution >= 0.6 is 0 Å². The number of anilines is 1. The molecule has 2 aliphatic heterocycles. The number of amides is 2.